The van der Waals surface area contributed by atoms with Crippen molar-refractivity contribution in [3.05, 3.63) is 68.7 Å². The Hall–Kier alpha value is -2.41. The molecule has 0 saturated heterocycles. The van der Waals surface area contributed by atoms with Gasteiger partial charge in [0, 0.05) is 5.92 Å². The van der Waals surface area contributed by atoms with Crippen LogP contribution in [0.15, 0.2) is 56.3 Å². The summed E-state index contributed by atoms with van der Waals surface area (Å²) < 4.78 is 4.82. The lowest BCUT2D eigenvalue weighted by molar-refractivity contribution is -0.123. The van der Waals surface area contributed by atoms with Crippen LogP contribution in [0, 0.1) is 5.92 Å². The summed E-state index contributed by atoms with van der Waals surface area (Å²) in [4.78, 5) is 35.0. The topological polar surface area (TPSA) is 88.4 Å². The van der Waals surface area contributed by atoms with E-state index in [-0.39, 0.29) is 27.8 Å². The van der Waals surface area contributed by atoms with E-state index >= 15 is 0 Å². The number of benzene rings is 1. The van der Waals surface area contributed by atoms with Crippen molar-refractivity contribution in [2.45, 2.75) is 12.3 Å². The van der Waals surface area contributed by atoms with Gasteiger partial charge in [-0.25, -0.2) is 4.79 Å². The summed E-state index contributed by atoms with van der Waals surface area (Å²) >= 11 is 2.99. The van der Waals surface area contributed by atoms with Crippen LogP contribution in [0.4, 0.5) is 0 Å². The lowest BCUT2D eigenvalue weighted by Gasteiger charge is -2.07. The minimum Gasteiger partial charge on any atom is -0.430 e. The largest absolute Gasteiger partial charge is 0.430 e. The molecule has 0 bridgehead atoms. The highest BCUT2D eigenvalue weighted by Crippen LogP contribution is 2.47. The molecule has 7 heteroatoms. The summed E-state index contributed by atoms with van der Waals surface area (Å²) in [5, 5.41) is 0. The number of rotatable bonds is 3. The van der Waals surface area contributed by atoms with Crippen LogP contribution < -0.4 is 16.5 Å². The van der Waals surface area contributed by atoms with Crippen LogP contribution in [-0.2, 0) is 4.79 Å². The number of halogens is 1. The molecule has 0 radical (unpaired) electrons. The van der Waals surface area contributed by atoms with Crippen LogP contribution in [0.1, 0.15) is 28.3 Å². The van der Waals surface area contributed by atoms with Crippen LogP contribution in [0.25, 0.3) is 0 Å². The Morgan fingerprint density at radius 2 is 1.91 bits per heavy atom. The Bertz CT molecular complexity index is 803. The second kappa shape index (κ2) is 6.37. The SMILES string of the molecule is O=C(NNC(=O)[C@H]1C[C@H]1c1ccccc1)c1coc(=O)c(Br)c1. The van der Waals surface area contributed by atoms with Gasteiger partial charge in [-0.05, 0) is 39.9 Å². The minimum atomic E-state index is -0.575. The van der Waals surface area contributed by atoms with E-state index in [0.29, 0.717) is 0 Å². The summed E-state index contributed by atoms with van der Waals surface area (Å²) in [5.41, 5.74) is 5.40. The molecule has 0 unspecified atom stereocenters. The zero-order chi connectivity index (χ0) is 16.4. The highest BCUT2D eigenvalue weighted by Gasteiger charge is 2.43. The van der Waals surface area contributed by atoms with Crippen LogP contribution in [0.3, 0.4) is 0 Å². The van der Waals surface area contributed by atoms with E-state index in [1.54, 1.807) is 0 Å². The number of carbonyl (C=O) groups is 2. The van der Waals surface area contributed by atoms with Crippen molar-refractivity contribution in [2.24, 2.45) is 5.92 Å². The van der Waals surface area contributed by atoms with E-state index in [1.165, 1.54) is 6.07 Å². The molecule has 1 aromatic carbocycles. The van der Waals surface area contributed by atoms with Gasteiger partial charge in [0.15, 0.2) is 0 Å². The number of carbonyl (C=O) groups excluding carboxylic acids is 2. The standard InChI is InChI=1S/C16H13BrN2O4/c17-13-6-10(8-23-16(13)22)14(20)18-19-15(21)12-7-11(12)9-4-2-1-3-5-9/h1-6,8,11-12H,7H2,(H,18,20)(H,19,21)/t11-,12-/m0/s1. The van der Waals surface area contributed by atoms with E-state index in [1.807, 2.05) is 30.3 Å². The third-order valence-corrected chi connectivity index (χ3v) is 4.24. The van der Waals surface area contributed by atoms with Crippen molar-refractivity contribution in [2.75, 3.05) is 0 Å². The summed E-state index contributed by atoms with van der Waals surface area (Å²) in [6.45, 7) is 0. The summed E-state index contributed by atoms with van der Waals surface area (Å²) in [5.74, 6) is -0.738. The van der Waals surface area contributed by atoms with Crippen molar-refractivity contribution in [3.63, 3.8) is 0 Å². The van der Waals surface area contributed by atoms with Gasteiger partial charge in [0.2, 0.25) is 5.91 Å². The highest BCUT2D eigenvalue weighted by molar-refractivity contribution is 9.10. The Balaban J connectivity index is 1.54. The average molecular weight is 377 g/mol. The van der Waals surface area contributed by atoms with Crippen LogP contribution in [-0.4, -0.2) is 11.8 Å². The number of hydrogen-bond acceptors (Lipinski definition) is 4. The van der Waals surface area contributed by atoms with E-state index < -0.39 is 11.5 Å². The predicted molar refractivity (Wildman–Crippen MR) is 85.6 cm³/mol. The highest BCUT2D eigenvalue weighted by atomic mass is 79.9. The Morgan fingerprint density at radius 1 is 1.17 bits per heavy atom. The minimum absolute atomic E-state index is 0.132. The fourth-order valence-electron chi connectivity index (χ4n) is 2.36. The molecule has 23 heavy (non-hydrogen) atoms. The first-order valence-electron chi connectivity index (χ1n) is 7.00. The lowest BCUT2D eigenvalue weighted by Crippen LogP contribution is -2.42. The number of hydrazine groups is 1. The van der Waals surface area contributed by atoms with E-state index in [0.717, 1.165) is 18.2 Å². The third kappa shape index (κ3) is 3.50. The monoisotopic (exact) mass is 376 g/mol. The van der Waals surface area contributed by atoms with Gasteiger partial charge < -0.3 is 4.42 Å². The summed E-state index contributed by atoms with van der Waals surface area (Å²) in [7, 11) is 0. The first kappa shape index (κ1) is 15.5. The maximum Gasteiger partial charge on any atom is 0.350 e. The molecule has 1 aromatic heterocycles. The zero-order valence-corrected chi connectivity index (χ0v) is 13.5. The van der Waals surface area contributed by atoms with Gasteiger partial charge in [-0.15, -0.1) is 0 Å². The van der Waals surface area contributed by atoms with E-state index in [4.69, 9.17) is 0 Å². The van der Waals surface area contributed by atoms with Crippen molar-refractivity contribution in [1.82, 2.24) is 10.9 Å². The molecule has 1 saturated carbocycles. The molecule has 1 aliphatic carbocycles. The molecule has 118 valence electrons. The first-order valence-corrected chi connectivity index (χ1v) is 7.79. The van der Waals surface area contributed by atoms with Gasteiger partial charge in [-0.1, -0.05) is 30.3 Å². The van der Waals surface area contributed by atoms with Crippen LogP contribution in [0.5, 0.6) is 0 Å². The van der Waals surface area contributed by atoms with Crippen LogP contribution in [0.2, 0.25) is 0 Å². The number of amides is 2. The third-order valence-electron chi connectivity index (χ3n) is 3.69. The zero-order valence-electron chi connectivity index (χ0n) is 11.9. The molecule has 2 amide bonds. The molecule has 2 atom stereocenters. The molecular weight excluding hydrogens is 364 g/mol. The normalized spacial score (nSPS) is 19.0. The van der Waals surface area contributed by atoms with Gasteiger partial charge in [0.1, 0.15) is 10.7 Å². The molecule has 0 spiro atoms. The molecule has 1 fully saturated rings. The maximum absolute atomic E-state index is 12.0. The molecule has 2 aromatic rings. The second-order valence-corrected chi connectivity index (χ2v) is 6.13. The summed E-state index contributed by atoms with van der Waals surface area (Å²) in [6.07, 6.45) is 1.80. The predicted octanol–water partition coefficient (Wildman–Crippen LogP) is 1.97. The second-order valence-electron chi connectivity index (χ2n) is 5.27. The summed E-state index contributed by atoms with van der Waals surface area (Å²) in [6, 6.07) is 11.1. The van der Waals surface area contributed by atoms with Gasteiger partial charge in [0.05, 0.1) is 5.56 Å². The Labute approximate surface area is 140 Å². The van der Waals surface area contributed by atoms with Crippen molar-refractivity contribution < 1.29 is 14.0 Å². The van der Waals surface area contributed by atoms with Gasteiger partial charge in [0.25, 0.3) is 5.91 Å². The molecule has 0 aliphatic heterocycles. The fraction of sp³-hybridized carbons (Fsp3) is 0.188. The van der Waals surface area contributed by atoms with Crippen LogP contribution >= 0.6 is 15.9 Å². The number of nitrogens with one attached hydrogen (secondary N) is 2. The van der Waals surface area contributed by atoms with Crippen molar-refractivity contribution in [3.8, 4) is 0 Å². The maximum atomic E-state index is 12.0. The molecule has 6 nitrogen and oxygen atoms in total. The quantitative estimate of drug-likeness (QED) is 0.801. The smallest absolute Gasteiger partial charge is 0.350 e. The van der Waals surface area contributed by atoms with Gasteiger partial charge in [-0.2, -0.15) is 0 Å². The lowest BCUT2D eigenvalue weighted by atomic mass is 10.1. The molecule has 1 heterocycles. The van der Waals surface area contributed by atoms with Crippen molar-refractivity contribution >= 4 is 27.7 Å². The van der Waals surface area contributed by atoms with Crippen molar-refractivity contribution in [1.29, 1.82) is 0 Å². The number of hydrogen-bond donors (Lipinski definition) is 2. The van der Waals surface area contributed by atoms with Gasteiger partial charge in [-0.3, -0.25) is 20.4 Å². The average Bonchev–Trinajstić information content (AvgIpc) is 3.36. The Morgan fingerprint density at radius 3 is 2.61 bits per heavy atom. The van der Waals surface area contributed by atoms with E-state index in [9.17, 15) is 14.4 Å². The fourth-order valence-corrected chi connectivity index (χ4v) is 2.70. The van der Waals surface area contributed by atoms with E-state index in [2.05, 4.69) is 31.2 Å². The molecule has 2 N–H and O–H groups in total. The van der Waals surface area contributed by atoms with Gasteiger partial charge >= 0.3 is 5.63 Å². The molecular formula is C16H13BrN2O4. The first-order chi connectivity index (χ1) is 11.1. The molecule has 3 rings (SSSR count). The Kier molecular flexibility index (Phi) is 4.29. The molecule has 1 aliphatic rings.